The molecule has 0 fully saturated rings. The molecule has 15 heavy (non-hydrogen) atoms. The van der Waals surface area contributed by atoms with Crippen LogP contribution in [-0.4, -0.2) is 36.2 Å². The molecule has 2 amide bonds. The Labute approximate surface area is 87.6 Å². The Morgan fingerprint density at radius 3 is 2.27 bits per heavy atom. The van der Waals surface area contributed by atoms with Crippen LogP contribution in [0.1, 0.15) is 27.2 Å². The molecule has 1 atom stereocenters. The van der Waals surface area contributed by atoms with Crippen molar-refractivity contribution in [3.8, 4) is 0 Å². The number of hydrogen-bond donors (Lipinski definition) is 1. The van der Waals surface area contributed by atoms with Gasteiger partial charge in [0, 0.05) is 12.6 Å². The highest BCUT2D eigenvalue weighted by Gasteiger charge is 2.29. The molecular weight excluding hydrogens is 209 g/mol. The predicted molar refractivity (Wildman–Crippen MR) is 51.6 cm³/mol. The lowest BCUT2D eigenvalue weighted by atomic mass is 10.2. The van der Waals surface area contributed by atoms with Gasteiger partial charge < -0.3 is 10.2 Å². The van der Waals surface area contributed by atoms with Crippen molar-refractivity contribution >= 4 is 6.03 Å². The maximum atomic E-state index is 11.8. The lowest BCUT2D eigenvalue weighted by molar-refractivity contribution is -0.123. The maximum Gasteiger partial charge on any atom is 0.405 e. The second-order valence-electron chi connectivity index (χ2n) is 3.32. The third kappa shape index (κ3) is 5.49. The lowest BCUT2D eigenvalue weighted by Crippen LogP contribution is -2.47. The zero-order valence-corrected chi connectivity index (χ0v) is 9.19. The number of carbonyl (C=O) groups excluding carboxylic acids is 1. The molecule has 0 aromatic carbocycles. The molecule has 6 heteroatoms. The van der Waals surface area contributed by atoms with Crippen LogP contribution in [0.2, 0.25) is 0 Å². The molecule has 90 valence electrons. The summed E-state index contributed by atoms with van der Waals surface area (Å²) >= 11 is 0. The van der Waals surface area contributed by atoms with Crippen molar-refractivity contribution in [2.75, 3.05) is 13.1 Å². The monoisotopic (exact) mass is 226 g/mol. The summed E-state index contributed by atoms with van der Waals surface area (Å²) in [4.78, 5) is 12.7. The third-order valence-corrected chi connectivity index (χ3v) is 2.16. The number of nitrogens with zero attached hydrogens (tertiary/aromatic N) is 1. The van der Waals surface area contributed by atoms with Crippen LogP contribution in [0.3, 0.4) is 0 Å². The molecule has 0 spiro atoms. The van der Waals surface area contributed by atoms with Crippen molar-refractivity contribution in [3.63, 3.8) is 0 Å². The minimum absolute atomic E-state index is 0.0526. The Bertz CT molecular complexity index is 206. The first-order chi connectivity index (χ1) is 6.81. The maximum absolute atomic E-state index is 11.8. The average molecular weight is 226 g/mol. The topological polar surface area (TPSA) is 32.3 Å². The number of rotatable bonds is 4. The Balaban J connectivity index is 4.17. The van der Waals surface area contributed by atoms with Crippen LogP contribution in [0.4, 0.5) is 18.0 Å². The molecule has 0 aromatic heterocycles. The number of amides is 2. The molecule has 0 rings (SSSR count). The van der Waals surface area contributed by atoms with Crippen molar-refractivity contribution in [2.24, 2.45) is 0 Å². The van der Waals surface area contributed by atoms with E-state index in [9.17, 15) is 18.0 Å². The quantitative estimate of drug-likeness (QED) is 0.784. The molecule has 3 nitrogen and oxygen atoms in total. The van der Waals surface area contributed by atoms with E-state index >= 15 is 0 Å². The SMILES string of the molecule is CCC(C)N(CC)C(=O)NCC(F)(F)F. The molecule has 0 aromatic rings. The Hall–Kier alpha value is -0.940. The third-order valence-electron chi connectivity index (χ3n) is 2.16. The fraction of sp³-hybridized carbons (Fsp3) is 0.889. The van der Waals surface area contributed by atoms with E-state index in [1.165, 1.54) is 4.90 Å². The fourth-order valence-electron chi connectivity index (χ4n) is 1.15. The van der Waals surface area contributed by atoms with Crippen LogP contribution in [0.25, 0.3) is 0 Å². The van der Waals surface area contributed by atoms with Gasteiger partial charge in [-0.15, -0.1) is 0 Å². The van der Waals surface area contributed by atoms with Crippen molar-refractivity contribution in [2.45, 2.75) is 39.4 Å². The van der Waals surface area contributed by atoms with Gasteiger partial charge in [-0.1, -0.05) is 6.92 Å². The Morgan fingerprint density at radius 1 is 1.40 bits per heavy atom. The van der Waals surface area contributed by atoms with Crippen LogP contribution in [-0.2, 0) is 0 Å². The molecule has 0 saturated heterocycles. The number of halogens is 3. The van der Waals surface area contributed by atoms with Gasteiger partial charge in [-0.2, -0.15) is 13.2 Å². The predicted octanol–water partition coefficient (Wildman–Crippen LogP) is 2.38. The van der Waals surface area contributed by atoms with Gasteiger partial charge in [-0.05, 0) is 20.3 Å². The van der Waals surface area contributed by atoms with Crippen LogP contribution < -0.4 is 5.32 Å². The van der Waals surface area contributed by atoms with Crippen LogP contribution in [0, 0.1) is 0 Å². The largest absolute Gasteiger partial charge is 0.405 e. The van der Waals surface area contributed by atoms with Gasteiger partial charge in [0.1, 0.15) is 6.54 Å². The number of alkyl halides is 3. The van der Waals surface area contributed by atoms with E-state index in [0.717, 1.165) is 0 Å². The molecule has 0 saturated carbocycles. The van der Waals surface area contributed by atoms with Crippen molar-refractivity contribution in [3.05, 3.63) is 0 Å². The van der Waals surface area contributed by atoms with Gasteiger partial charge in [-0.25, -0.2) is 4.79 Å². The van der Waals surface area contributed by atoms with E-state index in [1.807, 2.05) is 12.2 Å². The fourth-order valence-corrected chi connectivity index (χ4v) is 1.15. The number of nitrogens with one attached hydrogen (secondary N) is 1. The molecule has 0 bridgehead atoms. The highest BCUT2D eigenvalue weighted by atomic mass is 19.4. The molecule has 0 heterocycles. The summed E-state index contributed by atoms with van der Waals surface area (Å²) in [7, 11) is 0. The minimum Gasteiger partial charge on any atom is -0.329 e. The van der Waals surface area contributed by atoms with E-state index in [-0.39, 0.29) is 6.04 Å². The molecule has 0 aliphatic rings. The van der Waals surface area contributed by atoms with Crippen LogP contribution >= 0.6 is 0 Å². The highest BCUT2D eigenvalue weighted by Crippen LogP contribution is 2.12. The van der Waals surface area contributed by atoms with E-state index in [4.69, 9.17) is 0 Å². The van der Waals surface area contributed by atoms with Gasteiger partial charge in [0.2, 0.25) is 0 Å². The van der Waals surface area contributed by atoms with E-state index in [1.54, 1.807) is 13.8 Å². The second kappa shape index (κ2) is 5.82. The van der Waals surface area contributed by atoms with E-state index < -0.39 is 18.8 Å². The van der Waals surface area contributed by atoms with Crippen LogP contribution in [0.15, 0.2) is 0 Å². The molecule has 0 radical (unpaired) electrons. The van der Waals surface area contributed by atoms with E-state index in [0.29, 0.717) is 13.0 Å². The first-order valence-electron chi connectivity index (χ1n) is 4.93. The number of hydrogen-bond acceptors (Lipinski definition) is 1. The van der Waals surface area contributed by atoms with Gasteiger partial charge in [-0.3, -0.25) is 0 Å². The summed E-state index contributed by atoms with van der Waals surface area (Å²) in [5.74, 6) is 0. The molecule has 0 aliphatic carbocycles. The summed E-state index contributed by atoms with van der Waals surface area (Å²) in [6.45, 7) is 4.54. The number of carbonyl (C=O) groups is 1. The summed E-state index contributed by atoms with van der Waals surface area (Å²) in [5, 5.41) is 1.85. The van der Waals surface area contributed by atoms with Gasteiger partial charge in [0.05, 0.1) is 0 Å². The normalized spacial score (nSPS) is 13.5. The summed E-state index contributed by atoms with van der Waals surface area (Å²) in [5.41, 5.74) is 0. The van der Waals surface area contributed by atoms with Gasteiger partial charge in [0.15, 0.2) is 0 Å². The minimum atomic E-state index is -4.36. The number of urea groups is 1. The molecule has 1 unspecified atom stereocenters. The first-order valence-corrected chi connectivity index (χ1v) is 4.93. The molecular formula is C9H17F3N2O. The van der Waals surface area contributed by atoms with Gasteiger partial charge in [0.25, 0.3) is 0 Å². The molecule has 0 aliphatic heterocycles. The Kier molecular flexibility index (Phi) is 5.46. The Morgan fingerprint density at radius 2 is 1.93 bits per heavy atom. The molecule has 1 N–H and O–H groups in total. The van der Waals surface area contributed by atoms with Crippen molar-refractivity contribution < 1.29 is 18.0 Å². The van der Waals surface area contributed by atoms with Gasteiger partial charge >= 0.3 is 12.2 Å². The first kappa shape index (κ1) is 14.1. The zero-order valence-electron chi connectivity index (χ0n) is 9.19. The summed E-state index contributed by atoms with van der Waals surface area (Å²) in [6, 6.07) is -0.715. The van der Waals surface area contributed by atoms with Crippen molar-refractivity contribution in [1.82, 2.24) is 10.2 Å². The average Bonchev–Trinajstić information content (AvgIpc) is 2.14. The summed E-state index contributed by atoms with van der Waals surface area (Å²) in [6.07, 6.45) is -3.64. The highest BCUT2D eigenvalue weighted by molar-refractivity contribution is 5.74. The van der Waals surface area contributed by atoms with Crippen molar-refractivity contribution in [1.29, 1.82) is 0 Å². The lowest BCUT2D eigenvalue weighted by Gasteiger charge is -2.27. The standard InChI is InChI=1S/C9H17F3N2O/c1-4-7(3)14(5-2)8(15)13-6-9(10,11)12/h7H,4-6H2,1-3H3,(H,13,15). The van der Waals surface area contributed by atoms with Crippen LogP contribution in [0.5, 0.6) is 0 Å². The van der Waals surface area contributed by atoms with E-state index in [2.05, 4.69) is 0 Å². The zero-order chi connectivity index (χ0) is 12.1. The summed E-state index contributed by atoms with van der Waals surface area (Å²) < 4.78 is 35.5. The second-order valence-corrected chi connectivity index (χ2v) is 3.32. The smallest absolute Gasteiger partial charge is 0.329 e.